The van der Waals surface area contributed by atoms with Crippen molar-refractivity contribution in [1.82, 2.24) is 0 Å². The predicted molar refractivity (Wildman–Crippen MR) is 79.6 cm³/mol. The summed E-state index contributed by atoms with van der Waals surface area (Å²) in [6.45, 7) is 0. The maximum Gasteiger partial charge on any atom is 0.328 e. The fourth-order valence-electron chi connectivity index (χ4n) is 1.58. The molecule has 0 atom stereocenters. The van der Waals surface area contributed by atoms with E-state index in [0.29, 0.717) is 10.6 Å². The summed E-state index contributed by atoms with van der Waals surface area (Å²) in [7, 11) is 0. The van der Waals surface area contributed by atoms with Gasteiger partial charge in [-0.2, -0.15) is 0 Å². The summed E-state index contributed by atoms with van der Waals surface area (Å²) in [4.78, 5) is 10.6. The third-order valence-corrected chi connectivity index (χ3v) is 3.04. The van der Waals surface area contributed by atoms with E-state index in [2.05, 4.69) is 0 Å². The van der Waals surface area contributed by atoms with Crippen molar-refractivity contribution >= 4 is 35.2 Å². The van der Waals surface area contributed by atoms with Gasteiger partial charge in [0.1, 0.15) is 5.75 Å². The van der Waals surface area contributed by atoms with Crippen molar-refractivity contribution < 1.29 is 19.0 Å². The van der Waals surface area contributed by atoms with Crippen LogP contribution in [0.2, 0.25) is 10.0 Å². The first-order valence-corrected chi connectivity index (χ1v) is 6.55. The number of halogens is 3. The third-order valence-electron chi connectivity index (χ3n) is 2.52. The standard InChI is InChI=1S/C15H9Cl2FO3/c16-10-6-4-9(5-7-14(19)20)13(8-10)21-12-3-1-2-11(17)15(12)18/h1-8H,(H,19,20)/b7-5+. The molecule has 2 rings (SSSR count). The Hall–Kier alpha value is -2.04. The largest absolute Gasteiger partial charge is 0.478 e. The molecule has 108 valence electrons. The zero-order valence-electron chi connectivity index (χ0n) is 10.5. The fourth-order valence-corrected chi connectivity index (χ4v) is 1.90. The smallest absolute Gasteiger partial charge is 0.328 e. The molecule has 21 heavy (non-hydrogen) atoms. The molecule has 0 aliphatic carbocycles. The number of carboxylic acid groups (broad SMARTS) is 1. The molecule has 2 aromatic rings. The molecule has 0 fully saturated rings. The zero-order chi connectivity index (χ0) is 15.4. The highest BCUT2D eigenvalue weighted by molar-refractivity contribution is 6.31. The lowest BCUT2D eigenvalue weighted by Gasteiger charge is -2.10. The summed E-state index contributed by atoms with van der Waals surface area (Å²) < 4.78 is 19.3. The van der Waals surface area contributed by atoms with Gasteiger partial charge < -0.3 is 9.84 Å². The van der Waals surface area contributed by atoms with Crippen LogP contribution in [0.5, 0.6) is 11.5 Å². The third kappa shape index (κ3) is 3.97. The average molecular weight is 327 g/mol. The summed E-state index contributed by atoms with van der Waals surface area (Å²) in [5.41, 5.74) is 0.446. The number of hydrogen-bond acceptors (Lipinski definition) is 2. The normalized spacial score (nSPS) is 10.8. The average Bonchev–Trinajstić information content (AvgIpc) is 2.43. The van der Waals surface area contributed by atoms with E-state index in [-0.39, 0.29) is 16.5 Å². The number of carbonyl (C=O) groups is 1. The molecule has 2 aromatic carbocycles. The van der Waals surface area contributed by atoms with Crippen LogP contribution in [-0.2, 0) is 4.79 Å². The van der Waals surface area contributed by atoms with Gasteiger partial charge in [-0.15, -0.1) is 0 Å². The molecule has 0 heterocycles. The van der Waals surface area contributed by atoms with Crippen LogP contribution < -0.4 is 4.74 Å². The molecule has 0 saturated heterocycles. The van der Waals surface area contributed by atoms with Gasteiger partial charge in [0.15, 0.2) is 11.6 Å². The summed E-state index contributed by atoms with van der Waals surface area (Å²) in [6.07, 6.45) is 2.28. The van der Waals surface area contributed by atoms with Crippen LogP contribution in [-0.4, -0.2) is 11.1 Å². The van der Waals surface area contributed by atoms with Crippen LogP contribution in [0.15, 0.2) is 42.5 Å². The lowest BCUT2D eigenvalue weighted by molar-refractivity contribution is -0.131. The van der Waals surface area contributed by atoms with Crippen LogP contribution in [0.4, 0.5) is 4.39 Å². The number of benzene rings is 2. The lowest BCUT2D eigenvalue weighted by Crippen LogP contribution is -1.92. The first-order chi connectivity index (χ1) is 9.97. The van der Waals surface area contributed by atoms with E-state index in [4.69, 9.17) is 33.0 Å². The van der Waals surface area contributed by atoms with Gasteiger partial charge >= 0.3 is 5.97 Å². The Balaban J connectivity index is 2.40. The number of ether oxygens (including phenoxy) is 1. The maximum atomic E-state index is 13.8. The van der Waals surface area contributed by atoms with Gasteiger partial charge in [-0.25, -0.2) is 9.18 Å². The molecule has 0 aliphatic rings. The van der Waals surface area contributed by atoms with E-state index in [9.17, 15) is 9.18 Å². The zero-order valence-corrected chi connectivity index (χ0v) is 12.0. The second-order valence-electron chi connectivity index (χ2n) is 4.01. The molecule has 0 unspecified atom stereocenters. The van der Waals surface area contributed by atoms with E-state index in [1.165, 1.54) is 30.3 Å². The van der Waals surface area contributed by atoms with Crippen LogP contribution in [0, 0.1) is 5.82 Å². The Kier molecular flexibility index (Phi) is 4.83. The molecule has 0 aliphatic heterocycles. The maximum absolute atomic E-state index is 13.8. The van der Waals surface area contributed by atoms with Crippen molar-refractivity contribution in [2.75, 3.05) is 0 Å². The van der Waals surface area contributed by atoms with Crippen LogP contribution in [0.1, 0.15) is 5.56 Å². The Morgan fingerprint density at radius 3 is 2.67 bits per heavy atom. The molecule has 6 heteroatoms. The highest BCUT2D eigenvalue weighted by atomic mass is 35.5. The lowest BCUT2D eigenvalue weighted by atomic mass is 10.2. The van der Waals surface area contributed by atoms with Crippen molar-refractivity contribution in [3.05, 3.63) is 63.9 Å². The van der Waals surface area contributed by atoms with Crippen molar-refractivity contribution in [2.24, 2.45) is 0 Å². The van der Waals surface area contributed by atoms with E-state index in [1.54, 1.807) is 12.1 Å². The first kappa shape index (κ1) is 15.4. The molecule has 0 amide bonds. The summed E-state index contributed by atoms with van der Waals surface area (Å²) in [6, 6.07) is 8.95. The van der Waals surface area contributed by atoms with Crippen molar-refractivity contribution in [1.29, 1.82) is 0 Å². The highest BCUT2D eigenvalue weighted by Crippen LogP contribution is 2.32. The van der Waals surface area contributed by atoms with Crippen molar-refractivity contribution in [3.63, 3.8) is 0 Å². The Bertz CT molecular complexity index is 714. The molecular weight excluding hydrogens is 318 g/mol. The van der Waals surface area contributed by atoms with Crippen LogP contribution in [0.3, 0.4) is 0 Å². The van der Waals surface area contributed by atoms with E-state index < -0.39 is 11.8 Å². The topological polar surface area (TPSA) is 46.5 Å². The van der Waals surface area contributed by atoms with Crippen molar-refractivity contribution in [3.8, 4) is 11.5 Å². The van der Waals surface area contributed by atoms with Gasteiger partial charge in [-0.05, 0) is 30.3 Å². The Morgan fingerprint density at radius 2 is 1.95 bits per heavy atom. The second kappa shape index (κ2) is 6.61. The number of aliphatic carboxylic acids is 1. The van der Waals surface area contributed by atoms with E-state index in [0.717, 1.165) is 6.08 Å². The molecule has 0 bridgehead atoms. The minimum atomic E-state index is -1.11. The number of rotatable bonds is 4. The van der Waals surface area contributed by atoms with Gasteiger partial charge in [0.2, 0.25) is 0 Å². The molecular formula is C15H9Cl2FO3. The van der Waals surface area contributed by atoms with Gasteiger partial charge in [-0.1, -0.05) is 29.3 Å². The predicted octanol–water partition coefficient (Wildman–Crippen LogP) is 5.02. The van der Waals surface area contributed by atoms with Crippen LogP contribution >= 0.6 is 23.2 Å². The van der Waals surface area contributed by atoms with E-state index in [1.807, 2.05) is 0 Å². The first-order valence-electron chi connectivity index (χ1n) is 5.80. The summed E-state index contributed by atoms with van der Waals surface area (Å²) in [5, 5.41) is 8.96. The van der Waals surface area contributed by atoms with Crippen LogP contribution in [0.25, 0.3) is 6.08 Å². The molecule has 0 aromatic heterocycles. The van der Waals surface area contributed by atoms with Gasteiger partial charge in [0.25, 0.3) is 0 Å². The van der Waals surface area contributed by atoms with Gasteiger partial charge in [0.05, 0.1) is 5.02 Å². The SMILES string of the molecule is O=C(O)/C=C/c1ccc(Cl)cc1Oc1cccc(Cl)c1F. The quantitative estimate of drug-likeness (QED) is 0.802. The van der Waals surface area contributed by atoms with Gasteiger partial charge in [-0.3, -0.25) is 0 Å². The molecule has 3 nitrogen and oxygen atoms in total. The summed E-state index contributed by atoms with van der Waals surface area (Å²) >= 11 is 11.6. The Labute approximate surface area is 130 Å². The minimum absolute atomic E-state index is 0.0721. The van der Waals surface area contributed by atoms with Gasteiger partial charge in [0, 0.05) is 22.7 Å². The summed E-state index contributed by atoms with van der Waals surface area (Å²) in [5.74, 6) is -1.66. The Morgan fingerprint density at radius 1 is 1.19 bits per heavy atom. The minimum Gasteiger partial charge on any atom is -0.478 e. The monoisotopic (exact) mass is 326 g/mol. The van der Waals surface area contributed by atoms with Crippen molar-refractivity contribution in [2.45, 2.75) is 0 Å². The second-order valence-corrected chi connectivity index (χ2v) is 4.85. The molecule has 0 radical (unpaired) electrons. The van der Waals surface area contributed by atoms with E-state index >= 15 is 0 Å². The number of carboxylic acids is 1. The fraction of sp³-hybridized carbons (Fsp3) is 0. The molecule has 0 saturated carbocycles. The number of hydrogen-bond donors (Lipinski definition) is 1. The highest BCUT2D eigenvalue weighted by Gasteiger charge is 2.11. The molecule has 1 N–H and O–H groups in total. The molecule has 0 spiro atoms.